The van der Waals surface area contributed by atoms with Crippen molar-refractivity contribution in [3.05, 3.63) is 42.0 Å². The summed E-state index contributed by atoms with van der Waals surface area (Å²) in [5, 5.41) is 0. The zero-order valence-electron chi connectivity index (χ0n) is 6.67. The van der Waals surface area contributed by atoms with Crippen LogP contribution >= 0.6 is 12.6 Å². The van der Waals surface area contributed by atoms with E-state index in [2.05, 4.69) is 43.5 Å². The molecule has 0 N–H and O–H groups in total. The highest BCUT2D eigenvalue weighted by molar-refractivity contribution is 7.79. The minimum atomic E-state index is 0.802. The number of rotatable bonds is 2. The molecule has 0 aliphatic heterocycles. The van der Waals surface area contributed by atoms with Crippen molar-refractivity contribution in [3.63, 3.8) is 0 Å². The number of hydrogen-bond acceptors (Lipinski definition) is 1. The molecule has 0 unspecified atom stereocenters. The molecular weight excluding hydrogens is 152 g/mol. The Hall–Kier alpha value is -0.690. The maximum absolute atomic E-state index is 4.17. The monoisotopic (exact) mass is 164 g/mol. The lowest BCUT2D eigenvalue weighted by Gasteiger charge is -1.99. The third-order valence-electron chi connectivity index (χ3n) is 1.63. The van der Waals surface area contributed by atoms with Crippen LogP contribution in [0.3, 0.4) is 0 Å². The molecule has 0 bridgehead atoms. The first-order chi connectivity index (χ1) is 5.24. The van der Waals surface area contributed by atoms with Crippen LogP contribution in [0.5, 0.6) is 0 Å². The molecule has 0 saturated heterocycles. The van der Waals surface area contributed by atoms with Gasteiger partial charge in [-0.25, -0.2) is 0 Å². The van der Waals surface area contributed by atoms with Crippen molar-refractivity contribution in [2.24, 2.45) is 0 Å². The van der Waals surface area contributed by atoms with E-state index in [0.717, 1.165) is 11.3 Å². The predicted octanol–water partition coefficient (Wildman–Crippen LogP) is 3.15. The van der Waals surface area contributed by atoms with Gasteiger partial charge >= 0.3 is 0 Å². The maximum Gasteiger partial charge on any atom is 0.0154 e. The largest absolute Gasteiger partial charge is 0.175 e. The fourth-order valence-corrected chi connectivity index (χ4v) is 1.11. The first-order valence-corrected chi connectivity index (χ1v) is 4.23. The zero-order valence-corrected chi connectivity index (χ0v) is 7.57. The van der Waals surface area contributed by atoms with Gasteiger partial charge in [-0.15, -0.1) is 0 Å². The highest BCUT2D eigenvalue weighted by Gasteiger charge is 1.92. The Morgan fingerprint density at radius 3 is 2.27 bits per heavy atom. The molecule has 1 aromatic carbocycles. The highest BCUT2D eigenvalue weighted by atomic mass is 32.1. The predicted molar refractivity (Wildman–Crippen MR) is 53.8 cm³/mol. The molecule has 58 valence electrons. The zero-order chi connectivity index (χ0) is 8.27. The van der Waals surface area contributed by atoms with Crippen LogP contribution in [0.2, 0.25) is 0 Å². The van der Waals surface area contributed by atoms with E-state index in [1.54, 1.807) is 0 Å². The normalized spacial score (nSPS) is 9.64. The molecule has 1 aromatic rings. The summed E-state index contributed by atoms with van der Waals surface area (Å²) in [6, 6.07) is 8.32. The van der Waals surface area contributed by atoms with Crippen molar-refractivity contribution in [2.75, 3.05) is 0 Å². The van der Waals surface area contributed by atoms with Gasteiger partial charge < -0.3 is 0 Å². The van der Waals surface area contributed by atoms with Crippen LogP contribution in [0.25, 0.3) is 5.57 Å². The topological polar surface area (TPSA) is 0 Å². The van der Waals surface area contributed by atoms with Gasteiger partial charge in [0.2, 0.25) is 0 Å². The summed E-state index contributed by atoms with van der Waals surface area (Å²) in [6.45, 7) is 5.87. The Morgan fingerprint density at radius 1 is 1.36 bits per heavy atom. The van der Waals surface area contributed by atoms with Crippen molar-refractivity contribution in [3.8, 4) is 0 Å². The smallest absolute Gasteiger partial charge is 0.0154 e. The number of benzene rings is 1. The van der Waals surface area contributed by atoms with Crippen LogP contribution < -0.4 is 0 Å². The van der Waals surface area contributed by atoms with Crippen molar-refractivity contribution >= 4 is 18.2 Å². The molecule has 0 radical (unpaired) electrons. The van der Waals surface area contributed by atoms with Gasteiger partial charge in [0.05, 0.1) is 0 Å². The SMILES string of the molecule is C=C(C)c1ccc(CS)cc1. The third-order valence-corrected chi connectivity index (χ3v) is 1.99. The van der Waals surface area contributed by atoms with E-state index in [1.165, 1.54) is 11.1 Å². The second-order valence-electron chi connectivity index (χ2n) is 2.64. The molecule has 0 fully saturated rings. The van der Waals surface area contributed by atoms with Gasteiger partial charge in [-0.2, -0.15) is 12.6 Å². The average molecular weight is 164 g/mol. The van der Waals surface area contributed by atoms with Crippen LogP contribution in [0.4, 0.5) is 0 Å². The summed E-state index contributed by atoms with van der Waals surface area (Å²) in [5.41, 5.74) is 3.56. The molecule has 0 atom stereocenters. The summed E-state index contributed by atoms with van der Waals surface area (Å²) in [4.78, 5) is 0. The Bertz CT molecular complexity index is 246. The summed E-state index contributed by atoms with van der Waals surface area (Å²) in [5.74, 6) is 0.802. The molecular formula is C10H12S. The molecule has 0 saturated carbocycles. The van der Waals surface area contributed by atoms with E-state index in [-0.39, 0.29) is 0 Å². The highest BCUT2D eigenvalue weighted by Crippen LogP contribution is 2.12. The van der Waals surface area contributed by atoms with E-state index >= 15 is 0 Å². The first-order valence-electron chi connectivity index (χ1n) is 3.59. The van der Waals surface area contributed by atoms with Gasteiger partial charge in [0.25, 0.3) is 0 Å². The van der Waals surface area contributed by atoms with Crippen molar-refractivity contribution in [1.29, 1.82) is 0 Å². The molecule has 11 heavy (non-hydrogen) atoms. The van der Waals surface area contributed by atoms with Gasteiger partial charge in [0.1, 0.15) is 0 Å². The molecule has 0 nitrogen and oxygen atoms in total. The number of thiol groups is 1. The number of allylic oxidation sites excluding steroid dienone is 1. The second-order valence-corrected chi connectivity index (χ2v) is 2.95. The van der Waals surface area contributed by atoms with Crippen molar-refractivity contribution in [1.82, 2.24) is 0 Å². The maximum atomic E-state index is 4.17. The Balaban J connectivity index is 2.91. The van der Waals surface area contributed by atoms with Crippen LogP contribution in [0.15, 0.2) is 30.8 Å². The second kappa shape index (κ2) is 3.63. The molecule has 1 rings (SSSR count). The van der Waals surface area contributed by atoms with Crippen LogP contribution in [0, 0.1) is 0 Å². The van der Waals surface area contributed by atoms with E-state index in [4.69, 9.17) is 0 Å². The standard InChI is InChI=1S/C10H12S/c1-8(2)10-5-3-9(7-11)4-6-10/h3-6,11H,1,7H2,2H3. The van der Waals surface area contributed by atoms with Crippen molar-refractivity contribution < 1.29 is 0 Å². The first kappa shape index (κ1) is 8.41. The van der Waals surface area contributed by atoms with E-state index in [0.29, 0.717) is 0 Å². The van der Waals surface area contributed by atoms with Crippen molar-refractivity contribution in [2.45, 2.75) is 12.7 Å². The molecule has 0 spiro atoms. The Labute approximate surface area is 73.4 Å². The van der Waals surface area contributed by atoms with Gasteiger partial charge in [0.15, 0.2) is 0 Å². The van der Waals surface area contributed by atoms with Crippen LogP contribution in [-0.4, -0.2) is 0 Å². The Morgan fingerprint density at radius 2 is 1.91 bits per heavy atom. The number of hydrogen-bond donors (Lipinski definition) is 1. The summed E-state index contributed by atoms with van der Waals surface area (Å²) in [7, 11) is 0. The molecule has 0 aliphatic carbocycles. The fourth-order valence-electron chi connectivity index (χ4n) is 0.895. The van der Waals surface area contributed by atoms with Gasteiger partial charge in [-0.1, -0.05) is 36.4 Å². The van der Waals surface area contributed by atoms with E-state index < -0.39 is 0 Å². The molecule has 0 heterocycles. The van der Waals surface area contributed by atoms with Crippen LogP contribution in [-0.2, 0) is 5.75 Å². The lowest BCUT2D eigenvalue weighted by Crippen LogP contribution is -1.80. The van der Waals surface area contributed by atoms with E-state index in [1.807, 2.05) is 6.92 Å². The fraction of sp³-hybridized carbons (Fsp3) is 0.200. The minimum absolute atomic E-state index is 0.802. The van der Waals surface area contributed by atoms with Gasteiger partial charge in [-0.05, 0) is 18.1 Å². The summed E-state index contributed by atoms with van der Waals surface area (Å²) in [6.07, 6.45) is 0. The quantitative estimate of drug-likeness (QED) is 0.638. The Kier molecular flexibility index (Phi) is 2.77. The van der Waals surface area contributed by atoms with E-state index in [9.17, 15) is 0 Å². The lowest BCUT2D eigenvalue weighted by atomic mass is 10.1. The summed E-state index contributed by atoms with van der Waals surface area (Å²) < 4.78 is 0. The molecule has 1 heteroatoms. The van der Waals surface area contributed by atoms with Gasteiger partial charge in [-0.3, -0.25) is 0 Å². The lowest BCUT2D eigenvalue weighted by molar-refractivity contribution is 1.41. The molecule has 0 aromatic heterocycles. The van der Waals surface area contributed by atoms with Crippen LogP contribution in [0.1, 0.15) is 18.1 Å². The summed E-state index contributed by atoms with van der Waals surface area (Å²) >= 11 is 4.17. The minimum Gasteiger partial charge on any atom is -0.175 e. The van der Waals surface area contributed by atoms with Gasteiger partial charge in [0, 0.05) is 5.75 Å². The molecule has 0 aliphatic rings. The third kappa shape index (κ3) is 2.12. The molecule has 0 amide bonds. The average Bonchev–Trinajstić information content (AvgIpc) is 2.05.